The van der Waals surface area contributed by atoms with E-state index in [-0.39, 0.29) is 12.6 Å². The largest absolute Gasteiger partial charge is 0.480 e. The van der Waals surface area contributed by atoms with Gasteiger partial charge in [0, 0.05) is 23.8 Å². The molecule has 2 amide bonds. The van der Waals surface area contributed by atoms with Gasteiger partial charge in [-0.1, -0.05) is 24.9 Å². The first kappa shape index (κ1) is 17.3. The lowest BCUT2D eigenvalue weighted by molar-refractivity contribution is -0.135. The van der Waals surface area contributed by atoms with Crippen LogP contribution in [-0.4, -0.2) is 41.6 Å². The number of carbonyl (C=O) groups is 2. The Morgan fingerprint density at radius 2 is 1.81 bits per heavy atom. The minimum absolute atomic E-state index is 0.296. The molecule has 21 heavy (non-hydrogen) atoms. The van der Waals surface area contributed by atoms with Crippen LogP contribution in [0, 0.1) is 0 Å². The van der Waals surface area contributed by atoms with Gasteiger partial charge in [-0.05, 0) is 37.6 Å². The number of hydrogen-bond acceptors (Lipinski definition) is 2. The van der Waals surface area contributed by atoms with Crippen molar-refractivity contribution in [3.8, 4) is 0 Å². The van der Waals surface area contributed by atoms with Gasteiger partial charge in [-0.2, -0.15) is 0 Å². The van der Waals surface area contributed by atoms with Gasteiger partial charge >= 0.3 is 12.0 Å². The Morgan fingerprint density at radius 3 is 2.29 bits per heavy atom. The predicted molar refractivity (Wildman–Crippen MR) is 84.0 cm³/mol. The maximum absolute atomic E-state index is 12.6. The van der Waals surface area contributed by atoms with Crippen LogP contribution >= 0.6 is 11.6 Å². The van der Waals surface area contributed by atoms with Crippen LogP contribution in [0.3, 0.4) is 0 Å². The van der Waals surface area contributed by atoms with Crippen molar-refractivity contribution in [2.75, 3.05) is 24.5 Å². The molecular weight excluding hydrogens is 292 g/mol. The van der Waals surface area contributed by atoms with Crippen molar-refractivity contribution in [2.24, 2.45) is 0 Å². The second kappa shape index (κ2) is 8.52. The lowest BCUT2D eigenvalue weighted by Crippen LogP contribution is -2.46. The van der Waals surface area contributed by atoms with Crippen molar-refractivity contribution in [3.63, 3.8) is 0 Å². The highest BCUT2D eigenvalue weighted by Crippen LogP contribution is 2.19. The van der Waals surface area contributed by atoms with E-state index >= 15 is 0 Å². The monoisotopic (exact) mass is 312 g/mol. The summed E-state index contributed by atoms with van der Waals surface area (Å²) in [6, 6.07) is 6.28. The lowest BCUT2D eigenvalue weighted by Gasteiger charge is -2.29. The molecule has 1 rings (SSSR count). The van der Waals surface area contributed by atoms with Gasteiger partial charge in [0.25, 0.3) is 0 Å². The highest BCUT2D eigenvalue weighted by atomic mass is 35.5. The number of urea groups is 1. The topological polar surface area (TPSA) is 60.9 Å². The number of aliphatic carboxylic acids is 1. The van der Waals surface area contributed by atoms with E-state index in [2.05, 4.69) is 0 Å². The molecule has 0 atom stereocenters. The van der Waals surface area contributed by atoms with Crippen LogP contribution < -0.4 is 4.90 Å². The highest BCUT2D eigenvalue weighted by Gasteiger charge is 2.23. The second-order valence-electron chi connectivity index (χ2n) is 4.67. The van der Waals surface area contributed by atoms with E-state index in [1.807, 2.05) is 13.8 Å². The van der Waals surface area contributed by atoms with Gasteiger partial charge < -0.3 is 10.0 Å². The molecule has 0 aromatic heterocycles. The maximum atomic E-state index is 12.6. The Morgan fingerprint density at radius 1 is 1.19 bits per heavy atom. The Labute approximate surface area is 130 Å². The molecule has 1 N–H and O–H groups in total. The van der Waals surface area contributed by atoms with Gasteiger partial charge in [-0.15, -0.1) is 0 Å². The van der Waals surface area contributed by atoms with Gasteiger partial charge in [0.2, 0.25) is 0 Å². The molecule has 6 heteroatoms. The number of carboxylic acids is 1. The van der Waals surface area contributed by atoms with E-state index in [4.69, 9.17) is 16.7 Å². The zero-order chi connectivity index (χ0) is 15.8. The average Bonchev–Trinajstić information content (AvgIpc) is 2.46. The first-order chi connectivity index (χ1) is 9.99. The van der Waals surface area contributed by atoms with Crippen LogP contribution in [0.1, 0.15) is 26.7 Å². The minimum Gasteiger partial charge on any atom is -0.480 e. The molecule has 1 aromatic carbocycles. The highest BCUT2D eigenvalue weighted by molar-refractivity contribution is 6.30. The van der Waals surface area contributed by atoms with E-state index in [0.717, 1.165) is 12.8 Å². The molecule has 0 fully saturated rings. The normalized spacial score (nSPS) is 10.2. The molecule has 0 aliphatic rings. The Balaban J connectivity index is 2.97. The predicted octanol–water partition coefficient (Wildman–Crippen LogP) is 3.47. The molecule has 116 valence electrons. The van der Waals surface area contributed by atoms with Crippen molar-refractivity contribution in [1.29, 1.82) is 0 Å². The molecule has 5 nitrogen and oxygen atoms in total. The standard InChI is InChI=1S/C15H21ClN2O3/c1-3-5-10-17(4-2)15(21)18(11-14(19)20)13-8-6-12(16)7-9-13/h6-9H,3-5,10-11H2,1-2H3,(H,19,20). The van der Waals surface area contributed by atoms with E-state index in [1.54, 1.807) is 29.2 Å². The molecule has 0 aliphatic heterocycles. The van der Waals surface area contributed by atoms with Crippen LogP contribution in [0.4, 0.5) is 10.5 Å². The molecule has 0 unspecified atom stereocenters. The Kier molecular flexibility index (Phi) is 7.02. The van der Waals surface area contributed by atoms with Crippen LogP contribution in [0.2, 0.25) is 5.02 Å². The van der Waals surface area contributed by atoms with Gasteiger partial charge in [0.1, 0.15) is 6.54 Å². The minimum atomic E-state index is -1.05. The Hall–Kier alpha value is -1.75. The number of carbonyl (C=O) groups excluding carboxylic acids is 1. The summed E-state index contributed by atoms with van der Waals surface area (Å²) in [6.45, 7) is 4.72. The van der Waals surface area contributed by atoms with Crippen molar-refractivity contribution >= 4 is 29.3 Å². The van der Waals surface area contributed by atoms with Crippen molar-refractivity contribution in [2.45, 2.75) is 26.7 Å². The van der Waals surface area contributed by atoms with E-state index in [1.165, 1.54) is 4.90 Å². The fourth-order valence-electron chi connectivity index (χ4n) is 1.93. The summed E-state index contributed by atoms with van der Waals surface area (Å²) >= 11 is 5.83. The first-order valence-corrected chi connectivity index (χ1v) is 7.41. The average molecular weight is 313 g/mol. The first-order valence-electron chi connectivity index (χ1n) is 7.03. The summed E-state index contributed by atoms with van der Waals surface area (Å²) in [5, 5.41) is 9.58. The zero-order valence-electron chi connectivity index (χ0n) is 12.4. The number of unbranched alkanes of at least 4 members (excludes halogenated alkanes) is 1. The van der Waals surface area contributed by atoms with E-state index in [9.17, 15) is 9.59 Å². The maximum Gasteiger partial charge on any atom is 0.325 e. The fourth-order valence-corrected chi connectivity index (χ4v) is 2.06. The zero-order valence-corrected chi connectivity index (χ0v) is 13.1. The summed E-state index contributed by atoms with van der Waals surface area (Å²) in [7, 11) is 0. The fraction of sp³-hybridized carbons (Fsp3) is 0.467. The number of nitrogens with zero attached hydrogens (tertiary/aromatic N) is 2. The second-order valence-corrected chi connectivity index (χ2v) is 5.11. The number of carboxylic acid groups (broad SMARTS) is 1. The molecule has 0 saturated heterocycles. The van der Waals surface area contributed by atoms with E-state index < -0.39 is 5.97 Å². The third-order valence-corrected chi connectivity index (χ3v) is 3.35. The van der Waals surface area contributed by atoms with Gasteiger partial charge in [0.15, 0.2) is 0 Å². The summed E-state index contributed by atoms with van der Waals surface area (Å²) < 4.78 is 0. The Bertz CT molecular complexity index is 476. The number of rotatable bonds is 7. The van der Waals surface area contributed by atoms with Crippen LogP contribution in [-0.2, 0) is 4.79 Å². The quantitative estimate of drug-likeness (QED) is 0.838. The van der Waals surface area contributed by atoms with Crippen molar-refractivity contribution in [3.05, 3.63) is 29.3 Å². The number of amides is 2. The summed E-state index contributed by atoms with van der Waals surface area (Å²) in [5.74, 6) is -1.05. The molecule has 0 saturated carbocycles. The number of hydrogen-bond donors (Lipinski definition) is 1. The van der Waals surface area contributed by atoms with Crippen LogP contribution in [0.25, 0.3) is 0 Å². The molecule has 0 aliphatic carbocycles. The van der Waals surface area contributed by atoms with Gasteiger partial charge in [-0.3, -0.25) is 9.69 Å². The molecule has 0 radical (unpaired) electrons. The lowest BCUT2D eigenvalue weighted by atomic mass is 10.2. The molecular formula is C15H21ClN2O3. The molecule has 1 aromatic rings. The number of benzene rings is 1. The van der Waals surface area contributed by atoms with Crippen LogP contribution in [0.15, 0.2) is 24.3 Å². The number of halogens is 1. The third-order valence-electron chi connectivity index (χ3n) is 3.10. The number of anilines is 1. The van der Waals surface area contributed by atoms with Crippen molar-refractivity contribution in [1.82, 2.24) is 4.90 Å². The van der Waals surface area contributed by atoms with Gasteiger partial charge in [0.05, 0.1) is 0 Å². The summed E-state index contributed by atoms with van der Waals surface area (Å²) in [4.78, 5) is 26.5. The van der Waals surface area contributed by atoms with Crippen LogP contribution in [0.5, 0.6) is 0 Å². The third kappa shape index (κ3) is 5.27. The van der Waals surface area contributed by atoms with E-state index in [0.29, 0.717) is 23.8 Å². The molecule has 0 spiro atoms. The SMILES string of the molecule is CCCCN(CC)C(=O)N(CC(=O)O)c1ccc(Cl)cc1. The van der Waals surface area contributed by atoms with Gasteiger partial charge in [-0.25, -0.2) is 4.79 Å². The molecule has 0 bridgehead atoms. The smallest absolute Gasteiger partial charge is 0.325 e. The summed E-state index contributed by atoms with van der Waals surface area (Å²) in [5.41, 5.74) is 0.529. The summed E-state index contributed by atoms with van der Waals surface area (Å²) in [6.07, 6.45) is 1.87. The molecule has 0 heterocycles. The van der Waals surface area contributed by atoms with Crippen molar-refractivity contribution < 1.29 is 14.7 Å².